The summed E-state index contributed by atoms with van der Waals surface area (Å²) >= 11 is 0. The van der Waals surface area contributed by atoms with E-state index in [1.54, 1.807) is 29.2 Å². The highest BCUT2D eigenvalue weighted by atomic mass is 16.5. The molecule has 29 heavy (non-hydrogen) atoms. The second kappa shape index (κ2) is 8.15. The molecule has 7 nitrogen and oxygen atoms in total. The maximum Gasteiger partial charge on any atom is 0.321 e. The monoisotopic (exact) mass is 387 g/mol. The van der Waals surface area contributed by atoms with Crippen LogP contribution in [-0.2, 0) is 0 Å². The second-order valence-corrected chi connectivity index (χ2v) is 7.23. The first-order valence-corrected chi connectivity index (χ1v) is 9.59. The summed E-state index contributed by atoms with van der Waals surface area (Å²) < 4.78 is 5.52. The lowest BCUT2D eigenvalue weighted by Crippen LogP contribution is -2.41. The summed E-state index contributed by atoms with van der Waals surface area (Å²) in [6, 6.07) is 16.7. The molecule has 2 heterocycles. The lowest BCUT2D eigenvalue weighted by atomic mass is 9.98. The van der Waals surface area contributed by atoms with Crippen molar-refractivity contribution >= 4 is 11.7 Å². The van der Waals surface area contributed by atoms with Crippen molar-refractivity contribution in [2.75, 3.05) is 18.4 Å². The first kappa shape index (κ1) is 18.7. The Hall–Kier alpha value is -3.66. The molecule has 2 amide bonds. The number of anilines is 1. The van der Waals surface area contributed by atoms with Gasteiger partial charge in [0.1, 0.15) is 0 Å². The molecule has 4 rings (SSSR count). The van der Waals surface area contributed by atoms with Gasteiger partial charge in [-0.3, -0.25) is 0 Å². The van der Waals surface area contributed by atoms with Crippen LogP contribution in [0.5, 0.6) is 0 Å². The van der Waals surface area contributed by atoms with Gasteiger partial charge < -0.3 is 14.7 Å². The third kappa shape index (κ3) is 4.27. The molecular formula is C22H21N5O2. The zero-order valence-corrected chi connectivity index (χ0v) is 16.1. The first-order chi connectivity index (χ1) is 14.1. The van der Waals surface area contributed by atoms with E-state index >= 15 is 0 Å². The predicted octanol–water partition coefficient (Wildman–Crippen LogP) is 4.33. The molecule has 1 aliphatic heterocycles. The van der Waals surface area contributed by atoms with Crippen molar-refractivity contribution in [2.24, 2.45) is 0 Å². The van der Waals surface area contributed by atoms with E-state index in [0.717, 1.165) is 24.0 Å². The lowest BCUT2D eigenvalue weighted by molar-refractivity contribution is 0.184. The molecule has 0 unspecified atom stereocenters. The van der Waals surface area contributed by atoms with Crippen LogP contribution in [0.4, 0.5) is 10.5 Å². The average Bonchev–Trinajstić information content (AvgIpc) is 3.25. The molecule has 0 saturated carbocycles. The fraction of sp³-hybridized carbons (Fsp3) is 0.273. The number of likely N-dealkylation sites (tertiary alicyclic amines) is 1. The van der Waals surface area contributed by atoms with Gasteiger partial charge in [-0.2, -0.15) is 10.2 Å². The van der Waals surface area contributed by atoms with Gasteiger partial charge in [-0.05, 0) is 50.1 Å². The minimum absolute atomic E-state index is 0.0153. The molecule has 0 spiro atoms. The van der Waals surface area contributed by atoms with E-state index in [4.69, 9.17) is 9.78 Å². The van der Waals surface area contributed by atoms with Crippen molar-refractivity contribution in [3.63, 3.8) is 0 Å². The van der Waals surface area contributed by atoms with E-state index in [0.29, 0.717) is 36.1 Å². The molecule has 2 aromatic carbocycles. The summed E-state index contributed by atoms with van der Waals surface area (Å²) in [7, 11) is 0. The predicted molar refractivity (Wildman–Crippen MR) is 108 cm³/mol. The summed E-state index contributed by atoms with van der Waals surface area (Å²) in [5.41, 5.74) is 3.28. The summed E-state index contributed by atoms with van der Waals surface area (Å²) in [5, 5.41) is 15.9. The Morgan fingerprint density at radius 3 is 2.86 bits per heavy atom. The number of aryl methyl sites for hydroxylation is 1. The van der Waals surface area contributed by atoms with Crippen molar-refractivity contribution in [3.05, 3.63) is 65.5 Å². The van der Waals surface area contributed by atoms with Crippen LogP contribution in [0, 0.1) is 18.3 Å². The molecule has 0 aliphatic carbocycles. The van der Waals surface area contributed by atoms with E-state index in [1.165, 1.54) is 0 Å². The molecule has 7 heteroatoms. The number of aromatic nitrogens is 2. The minimum Gasteiger partial charge on any atom is -0.339 e. The van der Waals surface area contributed by atoms with Gasteiger partial charge in [0.05, 0.1) is 17.6 Å². The lowest BCUT2D eigenvalue weighted by Gasteiger charge is -2.31. The number of nitriles is 1. The Morgan fingerprint density at radius 2 is 2.10 bits per heavy atom. The Kier molecular flexibility index (Phi) is 5.25. The smallest absolute Gasteiger partial charge is 0.321 e. The molecule has 146 valence electrons. The highest BCUT2D eigenvalue weighted by molar-refractivity contribution is 5.89. The molecule has 1 saturated heterocycles. The maximum absolute atomic E-state index is 12.6. The molecule has 0 radical (unpaired) electrons. The number of nitrogens with one attached hydrogen (secondary N) is 1. The second-order valence-electron chi connectivity index (χ2n) is 7.23. The van der Waals surface area contributed by atoms with Crippen LogP contribution in [-0.4, -0.2) is 34.2 Å². The van der Waals surface area contributed by atoms with Gasteiger partial charge >= 0.3 is 6.03 Å². The molecule has 0 bridgehead atoms. The van der Waals surface area contributed by atoms with Crippen molar-refractivity contribution in [1.29, 1.82) is 5.26 Å². The third-order valence-electron chi connectivity index (χ3n) is 5.04. The number of benzene rings is 2. The van der Waals surface area contributed by atoms with Crippen LogP contribution < -0.4 is 5.32 Å². The SMILES string of the molecule is Cc1cccc(-c2noc([C@@H]3CCCN(C(=O)Nc4ccc(C#N)cc4)C3)n2)c1. The highest BCUT2D eigenvalue weighted by Crippen LogP contribution is 2.28. The minimum atomic E-state index is -0.169. The normalized spacial score (nSPS) is 16.3. The molecule has 1 aliphatic rings. The fourth-order valence-electron chi connectivity index (χ4n) is 3.50. The van der Waals surface area contributed by atoms with Crippen molar-refractivity contribution < 1.29 is 9.32 Å². The first-order valence-electron chi connectivity index (χ1n) is 9.59. The van der Waals surface area contributed by atoms with Gasteiger partial charge in [0.2, 0.25) is 11.7 Å². The number of amides is 2. The van der Waals surface area contributed by atoms with E-state index in [-0.39, 0.29) is 11.9 Å². The highest BCUT2D eigenvalue weighted by Gasteiger charge is 2.28. The summed E-state index contributed by atoms with van der Waals surface area (Å²) in [6.45, 7) is 3.23. The Morgan fingerprint density at radius 1 is 1.28 bits per heavy atom. The Labute approximate surface area is 169 Å². The van der Waals surface area contributed by atoms with E-state index in [1.807, 2.05) is 31.2 Å². The molecule has 1 fully saturated rings. The number of urea groups is 1. The van der Waals surface area contributed by atoms with Crippen molar-refractivity contribution in [2.45, 2.75) is 25.7 Å². The largest absolute Gasteiger partial charge is 0.339 e. The van der Waals surface area contributed by atoms with Crippen LogP contribution in [0.15, 0.2) is 53.1 Å². The van der Waals surface area contributed by atoms with Gasteiger partial charge in [-0.1, -0.05) is 28.9 Å². The Bertz CT molecular complexity index is 1050. The number of rotatable bonds is 3. The van der Waals surface area contributed by atoms with Gasteiger partial charge in [0, 0.05) is 24.3 Å². The summed E-state index contributed by atoms with van der Waals surface area (Å²) in [6.07, 6.45) is 1.77. The third-order valence-corrected chi connectivity index (χ3v) is 5.04. The summed E-state index contributed by atoms with van der Waals surface area (Å²) in [4.78, 5) is 19.0. The standard InChI is InChI=1S/C22H21N5O2/c1-15-4-2-5-17(12-15)20-25-21(29-26-20)18-6-3-11-27(14-18)22(28)24-19-9-7-16(13-23)8-10-19/h2,4-5,7-10,12,18H,3,6,11,14H2,1H3,(H,24,28)/t18-/m1/s1. The van der Waals surface area contributed by atoms with Crippen LogP contribution in [0.2, 0.25) is 0 Å². The van der Waals surface area contributed by atoms with Crippen LogP contribution >= 0.6 is 0 Å². The number of hydrogen-bond donors (Lipinski definition) is 1. The molecule has 3 aromatic rings. The molecule has 1 atom stereocenters. The topological polar surface area (TPSA) is 95.0 Å². The zero-order valence-electron chi connectivity index (χ0n) is 16.1. The number of carbonyl (C=O) groups excluding carboxylic acids is 1. The molecule has 1 aromatic heterocycles. The number of carbonyl (C=O) groups is 1. The Balaban J connectivity index is 1.43. The van der Waals surface area contributed by atoms with Crippen LogP contribution in [0.3, 0.4) is 0 Å². The van der Waals surface area contributed by atoms with E-state index in [2.05, 4.69) is 21.5 Å². The van der Waals surface area contributed by atoms with Crippen molar-refractivity contribution in [1.82, 2.24) is 15.0 Å². The average molecular weight is 387 g/mol. The zero-order chi connectivity index (χ0) is 20.2. The maximum atomic E-state index is 12.6. The fourth-order valence-corrected chi connectivity index (χ4v) is 3.50. The van der Waals surface area contributed by atoms with Crippen LogP contribution in [0.1, 0.15) is 35.8 Å². The van der Waals surface area contributed by atoms with Gasteiger partial charge in [-0.15, -0.1) is 0 Å². The van der Waals surface area contributed by atoms with E-state index < -0.39 is 0 Å². The number of hydrogen-bond acceptors (Lipinski definition) is 5. The van der Waals surface area contributed by atoms with E-state index in [9.17, 15) is 4.79 Å². The van der Waals surface area contributed by atoms with Crippen LogP contribution in [0.25, 0.3) is 11.4 Å². The van der Waals surface area contributed by atoms with Gasteiger partial charge in [-0.25, -0.2) is 4.79 Å². The quantitative estimate of drug-likeness (QED) is 0.722. The summed E-state index contributed by atoms with van der Waals surface area (Å²) in [5.74, 6) is 1.15. The number of piperidine rings is 1. The molecular weight excluding hydrogens is 366 g/mol. The van der Waals surface area contributed by atoms with Crippen molar-refractivity contribution in [3.8, 4) is 17.5 Å². The van der Waals surface area contributed by atoms with Gasteiger partial charge in [0.25, 0.3) is 0 Å². The number of nitrogens with zero attached hydrogens (tertiary/aromatic N) is 4. The van der Waals surface area contributed by atoms with Gasteiger partial charge in [0.15, 0.2) is 0 Å². The molecule has 1 N–H and O–H groups in total.